The third kappa shape index (κ3) is 2.65. The molecule has 0 bridgehead atoms. The Balaban J connectivity index is 1.58. The van der Waals surface area contributed by atoms with E-state index in [9.17, 15) is 9.59 Å². The van der Waals surface area contributed by atoms with Crippen molar-refractivity contribution in [3.8, 4) is 0 Å². The largest absolute Gasteiger partial charge is 0.368 e. The maximum absolute atomic E-state index is 13.0. The third-order valence-corrected chi connectivity index (χ3v) is 5.16. The maximum Gasteiger partial charge on any atom is 0.240 e. The summed E-state index contributed by atoms with van der Waals surface area (Å²) in [5.41, 5.74) is 9.64. The van der Waals surface area contributed by atoms with Crippen LogP contribution in [-0.4, -0.2) is 22.4 Å². The van der Waals surface area contributed by atoms with Gasteiger partial charge < -0.3 is 10.3 Å². The fraction of sp³-hybridized carbons (Fsp3) is 0.238. The molecule has 1 atom stereocenters. The van der Waals surface area contributed by atoms with Gasteiger partial charge >= 0.3 is 0 Å². The van der Waals surface area contributed by atoms with Gasteiger partial charge in [0.25, 0.3) is 0 Å². The van der Waals surface area contributed by atoms with Crippen molar-refractivity contribution >= 4 is 28.4 Å². The van der Waals surface area contributed by atoms with Gasteiger partial charge in [0.2, 0.25) is 11.8 Å². The Morgan fingerprint density at radius 3 is 2.65 bits per heavy atom. The molecule has 1 aliphatic heterocycles. The molecule has 2 heterocycles. The second-order valence-electron chi connectivity index (χ2n) is 6.80. The van der Waals surface area contributed by atoms with Gasteiger partial charge in [-0.05, 0) is 29.7 Å². The number of nitrogens with zero attached hydrogens (tertiary/aromatic N) is 2. The lowest BCUT2D eigenvalue weighted by Crippen LogP contribution is -2.46. The average Bonchev–Trinajstić information content (AvgIpc) is 3.19. The maximum atomic E-state index is 13.0. The van der Waals surface area contributed by atoms with E-state index in [4.69, 9.17) is 5.73 Å². The number of fused-ring (bicyclic) bond motifs is 2. The number of rotatable bonds is 4. The zero-order chi connectivity index (χ0) is 18.3. The number of hydrogen-bond donors (Lipinski definition) is 1. The molecule has 1 aliphatic rings. The van der Waals surface area contributed by atoms with Crippen LogP contribution < -0.4 is 10.6 Å². The van der Waals surface area contributed by atoms with Crippen LogP contribution in [0.5, 0.6) is 0 Å². The van der Waals surface area contributed by atoms with Crippen molar-refractivity contribution in [1.82, 2.24) is 4.57 Å². The highest BCUT2D eigenvalue weighted by Crippen LogP contribution is 2.33. The number of hydrogen-bond acceptors (Lipinski definition) is 2. The lowest BCUT2D eigenvalue weighted by Gasteiger charge is -2.23. The Bertz CT molecular complexity index is 1010. The van der Waals surface area contributed by atoms with E-state index in [0.717, 1.165) is 27.7 Å². The number of amides is 2. The number of aryl methyl sites for hydroxylation is 2. The van der Waals surface area contributed by atoms with Crippen molar-refractivity contribution in [3.63, 3.8) is 0 Å². The van der Waals surface area contributed by atoms with Crippen LogP contribution in [0.2, 0.25) is 0 Å². The highest BCUT2D eigenvalue weighted by Gasteiger charge is 2.36. The van der Waals surface area contributed by atoms with Crippen molar-refractivity contribution in [3.05, 3.63) is 65.9 Å². The lowest BCUT2D eigenvalue weighted by atomic mass is 10.1. The second-order valence-corrected chi connectivity index (χ2v) is 6.80. The molecule has 0 saturated heterocycles. The van der Waals surface area contributed by atoms with Crippen LogP contribution >= 0.6 is 0 Å². The van der Waals surface area contributed by atoms with Gasteiger partial charge in [0.15, 0.2) is 0 Å². The molecule has 5 nitrogen and oxygen atoms in total. The molecule has 0 fully saturated rings. The minimum atomic E-state index is -0.590. The number of primary amides is 1. The van der Waals surface area contributed by atoms with Gasteiger partial charge in [-0.15, -0.1) is 0 Å². The highest BCUT2D eigenvalue weighted by molar-refractivity contribution is 6.03. The second kappa shape index (κ2) is 6.33. The Kier molecular flexibility index (Phi) is 3.99. The summed E-state index contributed by atoms with van der Waals surface area (Å²) in [6, 6.07) is 15.2. The van der Waals surface area contributed by atoms with E-state index in [1.165, 1.54) is 0 Å². The summed E-state index contributed by atoms with van der Waals surface area (Å²) in [5.74, 6) is -0.522. The fourth-order valence-electron chi connectivity index (χ4n) is 3.91. The molecule has 26 heavy (non-hydrogen) atoms. The van der Waals surface area contributed by atoms with Crippen LogP contribution in [0.4, 0.5) is 5.69 Å². The molecule has 0 unspecified atom stereocenters. The zero-order valence-electron chi connectivity index (χ0n) is 14.7. The minimum Gasteiger partial charge on any atom is -0.368 e. The van der Waals surface area contributed by atoms with Gasteiger partial charge in [-0.3, -0.25) is 14.5 Å². The first kappa shape index (κ1) is 16.4. The molecule has 2 amide bonds. The first-order chi connectivity index (χ1) is 12.6. The molecular weight excluding hydrogens is 326 g/mol. The van der Waals surface area contributed by atoms with Crippen LogP contribution in [0.15, 0.2) is 54.7 Å². The van der Waals surface area contributed by atoms with Crippen LogP contribution in [0, 0.1) is 0 Å². The first-order valence-electron chi connectivity index (χ1n) is 8.78. The van der Waals surface area contributed by atoms with Crippen molar-refractivity contribution in [2.75, 3.05) is 4.90 Å². The summed E-state index contributed by atoms with van der Waals surface area (Å²) < 4.78 is 2.08. The Labute approximate surface area is 152 Å². The molecule has 3 aromatic rings. The number of benzene rings is 2. The van der Waals surface area contributed by atoms with Gasteiger partial charge in [-0.2, -0.15) is 0 Å². The van der Waals surface area contributed by atoms with Gasteiger partial charge in [0.05, 0.1) is 0 Å². The Morgan fingerprint density at radius 1 is 1.12 bits per heavy atom. The summed E-state index contributed by atoms with van der Waals surface area (Å²) in [7, 11) is 2.01. The number of anilines is 1. The fourth-order valence-corrected chi connectivity index (χ4v) is 3.91. The molecule has 2 N–H and O–H groups in total. The lowest BCUT2D eigenvalue weighted by molar-refractivity contribution is -0.124. The molecule has 4 rings (SSSR count). The van der Waals surface area contributed by atoms with Crippen molar-refractivity contribution < 1.29 is 9.59 Å². The van der Waals surface area contributed by atoms with Gasteiger partial charge in [0, 0.05) is 42.7 Å². The van der Waals surface area contributed by atoms with Crippen LogP contribution in [0.3, 0.4) is 0 Å². The molecule has 0 spiro atoms. The monoisotopic (exact) mass is 347 g/mol. The smallest absolute Gasteiger partial charge is 0.240 e. The van der Waals surface area contributed by atoms with Crippen molar-refractivity contribution in [2.45, 2.75) is 25.3 Å². The molecule has 5 heteroatoms. The number of para-hydroxylation sites is 2. The summed E-state index contributed by atoms with van der Waals surface area (Å²) >= 11 is 0. The Hall–Kier alpha value is -3.08. The topological polar surface area (TPSA) is 68.3 Å². The third-order valence-electron chi connectivity index (χ3n) is 5.16. The number of aromatic nitrogens is 1. The molecule has 0 aliphatic carbocycles. The standard InChI is InChI=1S/C21H21N3O2/c1-23-13-15(16-7-3-5-9-18(16)23)10-11-20(25)24-17-8-4-2-6-14(17)12-19(24)21(22)26/h2-9,13,19H,10-12H2,1H3,(H2,22,26)/t19-/m0/s1. The quantitative estimate of drug-likeness (QED) is 0.788. The number of nitrogens with two attached hydrogens (primary N) is 1. The van der Waals surface area contributed by atoms with Crippen LogP contribution in [0.25, 0.3) is 10.9 Å². The summed E-state index contributed by atoms with van der Waals surface area (Å²) in [4.78, 5) is 26.4. The summed E-state index contributed by atoms with van der Waals surface area (Å²) in [5, 5.41) is 1.16. The normalized spacial score (nSPS) is 16.0. The molecule has 132 valence electrons. The zero-order valence-corrected chi connectivity index (χ0v) is 14.7. The van der Waals surface area contributed by atoms with E-state index in [1.54, 1.807) is 4.90 Å². The SMILES string of the molecule is Cn1cc(CCC(=O)N2c3ccccc3C[C@H]2C(N)=O)c2ccccc21. The predicted molar refractivity (Wildman–Crippen MR) is 102 cm³/mol. The molecule has 2 aromatic carbocycles. The molecule has 0 radical (unpaired) electrons. The number of carbonyl (C=O) groups is 2. The van der Waals surface area contributed by atoms with Crippen molar-refractivity contribution in [2.24, 2.45) is 12.8 Å². The summed E-state index contributed by atoms with van der Waals surface area (Å²) in [6.45, 7) is 0. The van der Waals surface area contributed by atoms with E-state index in [1.807, 2.05) is 43.4 Å². The van der Waals surface area contributed by atoms with Gasteiger partial charge in [0.1, 0.15) is 6.04 Å². The van der Waals surface area contributed by atoms with E-state index in [2.05, 4.69) is 22.9 Å². The Morgan fingerprint density at radius 2 is 1.85 bits per heavy atom. The summed E-state index contributed by atoms with van der Waals surface area (Å²) in [6.07, 6.45) is 3.53. The van der Waals surface area contributed by atoms with Gasteiger partial charge in [-0.1, -0.05) is 36.4 Å². The van der Waals surface area contributed by atoms with Crippen LogP contribution in [-0.2, 0) is 29.5 Å². The highest BCUT2D eigenvalue weighted by atomic mass is 16.2. The number of carbonyl (C=O) groups excluding carboxylic acids is 2. The van der Waals surface area contributed by atoms with Crippen molar-refractivity contribution in [1.29, 1.82) is 0 Å². The molecular formula is C21H21N3O2. The molecule has 1 aromatic heterocycles. The predicted octanol–water partition coefficient (Wildman–Crippen LogP) is 2.55. The van der Waals surface area contributed by atoms with E-state index >= 15 is 0 Å². The van der Waals surface area contributed by atoms with E-state index < -0.39 is 11.9 Å². The van der Waals surface area contributed by atoms with Gasteiger partial charge in [-0.25, -0.2) is 0 Å². The van der Waals surface area contributed by atoms with E-state index in [-0.39, 0.29) is 5.91 Å². The minimum absolute atomic E-state index is 0.0633. The van der Waals surface area contributed by atoms with Crippen LogP contribution in [0.1, 0.15) is 17.5 Å². The first-order valence-corrected chi connectivity index (χ1v) is 8.78. The molecule has 0 saturated carbocycles. The van der Waals surface area contributed by atoms with E-state index in [0.29, 0.717) is 19.3 Å². The average molecular weight is 347 g/mol.